The van der Waals surface area contributed by atoms with Gasteiger partial charge in [-0.1, -0.05) is 0 Å². The molecule has 0 fully saturated rings. The standard InChI is InChI=1S/C13H21F3N4O2S2/c1-4-17-12(19-9(2)5-6-24(3,21)22)18-7-11-20-10(8-23-11)13(14,15)16/h8-9H,4-7H2,1-3H3,(H2,17,18,19). The second-order valence-corrected chi connectivity index (χ2v) is 8.49. The summed E-state index contributed by atoms with van der Waals surface area (Å²) in [5, 5.41) is 7.20. The molecule has 0 radical (unpaired) electrons. The minimum atomic E-state index is -4.46. The number of hydrogen-bond donors (Lipinski definition) is 2. The van der Waals surface area contributed by atoms with Gasteiger partial charge in [-0.2, -0.15) is 13.2 Å². The quantitative estimate of drug-likeness (QED) is 0.553. The minimum Gasteiger partial charge on any atom is -0.357 e. The van der Waals surface area contributed by atoms with Gasteiger partial charge >= 0.3 is 6.18 Å². The molecule has 2 N–H and O–H groups in total. The molecule has 138 valence electrons. The van der Waals surface area contributed by atoms with Crippen LogP contribution in [0.4, 0.5) is 13.2 Å². The van der Waals surface area contributed by atoms with Crippen molar-refractivity contribution >= 4 is 27.1 Å². The number of halogens is 3. The average molecular weight is 386 g/mol. The van der Waals surface area contributed by atoms with E-state index in [0.29, 0.717) is 18.9 Å². The van der Waals surface area contributed by atoms with E-state index in [9.17, 15) is 21.6 Å². The molecule has 1 heterocycles. The van der Waals surface area contributed by atoms with Gasteiger partial charge in [-0.15, -0.1) is 11.3 Å². The van der Waals surface area contributed by atoms with Gasteiger partial charge in [0.25, 0.3) is 0 Å². The molecule has 0 aliphatic rings. The van der Waals surface area contributed by atoms with Crippen molar-refractivity contribution in [2.24, 2.45) is 4.99 Å². The third kappa shape index (κ3) is 7.95. The number of nitrogens with zero attached hydrogens (tertiary/aromatic N) is 2. The molecule has 0 aliphatic carbocycles. The lowest BCUT2D eigenvalue weighted by molar-refractivity contribution is -0.140. The van der Waals surface area contributed by atoms with Crippen molar-refractivity contribution in [1.82, 2.24) is 15.6 Å². The van der Waals surface area contributed by atoms with Gasteiger partial charge in [-0.25, -0.2) is 18.4 Å². The van der Waals surface area contributed by atoms with Gasteiger partial charge in [0.1, 0.15) is 14.8 Å². The van der Waals surface area contributed by atoms with Crippen LogP contribution in [0.3, 0.4) is 0 Å². The van der Waals surface area contributed by atoms with Gasteiger partial charge in [-0.3, -0.25) is 0 Å². The van der Waals surface area contributed by atoms with E-state index in [0.717, 1.165) is 16.7 Å². The van der Waals surface area contributed by atoms with Crippen LogP contribution in [-0.4, -0.2) is 44.0 Å². The molecule has 1 rings (SSSR count). The summed E-state index contributed by atoms with van der Waals surface area (Å²) in [6.07, 6.45) is -2.89. The maximum Gasteiger partial charge on any atom is 0.434 e. The van der Waals surface area contributed by atoms with Crippen molar-refractivity contribution in [2.75, 3.05) is 18.6 Å². The summed E-state index contributed by atoms with van der Waals surface area (Å²) in [5.41, 5.74) is -0.919. The lowest BCUT2D eigenvalue weighted by Crippen LogP contribution is -2.42. The number of aliphatic imine (C=N–C) groups is 1. The van der Waals surface area contributed by atoms with E-state index < -0.39 is 21.7 Å². The maximum atomic E-state index is 12.5. The first-order valence-corrected chi connectivity index (χ1v) is 10.2. The van der Waals surface area contributed by atoms with Crippen LogP contribution in [-0.2, 0) is 22.6 Å². The van der Waals surface area contributed by atoms with E-state index in [1.165, 1.54) is 6.26 Å². The molecule has 1 aromatic heterocycles. The predicted molar refractivity (Wildman–Crippen MR) is 88.9 cm³/mol. The molecule has 0 bridgehead atoms. The van der Waals surface area contributed by atoms with E-state index >= 15 is 0 Å². The highest BCUT2D eigenvalue weighted by Crippen LogP contribution is 2.30. The smallest absolute Gasteiger partial charge is 0.357 e. The first-order valence-electron chi connectivity index (χ1n) is 7.25. The first kappa shape index (κ1) is 20.7. The zero-order valence-electron chi connectivity index (χ0n) is 13.6. The summed E-state index contributed by atoms with van der Waals surface area (Å²) in [4.78, 5) is 7.70. The van der Waals surface area contributed by atoms with Crippen LogP contribution in [0.5, 0.6) is 0 Å². The second kappa shape index (κ2) is 8.65. The lowest BCUT2D eigenvalue weighted by atomic mass is 10.3. The molecule has 1 atom stereocenters. The van der Waals surface area contributed by atoms with Crippen molar-refractivity contribution in [2.45, 2.75) is 39.0 Å². The number of thiazole rings is 1. The second-order valence-electron chi connectivity index (χ2n) is 5.28. The number of aromatic nitrogens is 1. The molecule has 0 amide bonds. The van der Waals surface area contributed by atoms with Crippen LogP contribution < -0.4 is 10.6 Å². The maximum absolute atomic E-state index is 12.5. The fourth-order valence-electron chi connectivity index (χ4n) is 1.68. The Kier molecular flexibility index (Phi) is 7.46. The third-order valence-electron chi connectivity index (χ3n) is 2.86. The largest absolute Gasteiger partial charge is 0.434 e. The van der Waals surface area contributed by atoms with Gasteiger partial charge in [0, 0.05) is 24.2 Å². The molecule has 0 spiro atoms. The number of alkyl halides is 3. The van der Waals surface area contributed by atoms with Crippen molar-refractivity contribution < 1.29 is 21.6 Å². The Morgan fingerprint density at radius 1 is 1.46 bits per heavy atom. The van der Waals surface area contributed by atoms with Crippen LogP contribution >= 0.6 is 11.3 Å². The number of nitrogens with one attached hydrogen (secondary N) is 2. The Bertz CT molecular complexity index is 656. The lowest BCUT2D eigenvalue weighted by Gasteiger charge is -2.17. The molecule has 24 heavy (non-hydrogen) atoms. The Hall–Kier alpha value is -1.36. The highest BCUT2D eigenvalue weighted by atomic mass is 32.2. The van der Waals surface area contributed by atoms with Crippen molar-refractivity contribution in [3.05, 3.63) is 16.1 Å². The number of hydrogen-bond acceptors (Lipinski definition) is 5. The molecule has 6 nitrogen and oxygen atoms in total. The van der Waals surface area contributed by atoms with E-state index in [4.69, 9.17) is 0 Å². The normalized spacial score (nSPS) is 14.5. The first-order chi connectivity index (χ1) is 11.0. The molecule has 0 saturated carbocycles. The highest BCUT2D eigenvalue weighted by Gasteiger charge is 2.33. The summed E-state index contributed by atoms with van der Waals surface area (Å²) in [7, 11) is -3.05. The van der Waals surface area contributed by atoms with E-state index in [1.807, 2.05) is 13.8 Å². The third-order valence-corrected chi connectivity index (χ3v) is 4.67. The fourth-order valence-corrected chi connectivity index (χ4v) is 3.18. The topological polar surface area (TPSA) is 83.4 Å². The summed E-state index contributed by atoms with van der Waals surface area (Å²) in [6, 6.07) is -0.153. The van der Waals surface area contributed by atoms with Crippen molar-refractivity contribution in [3.8, 4) is 0 Å². The molecule has 11 heteroatoms. The van der Waals surface area contributed by atoms with Crippen molar-refractivity contribution in [1.29, 1.82) is 0 Å². The Morgan fingerprint density at radius 3 is 2.62 bits per heavy atom. The number of guanidine groups is 1. The van der Waals surface area contributed by atoms with Gasteiger partial charge in [0.2, 0.25) is 0 Å². The number of rotatable bonds is 7. The highest BCUT2D eigenvalue weighted by molar-refractivity contribution is 7.90. The fraction of sp³-hybridized carbons (Fsp3) is 0.692. The van der Waals surface area contributed by atoms with E-state index in [1.54, 1.807) is 0 Å². The zero-order valence-corrected chi connectivity index (χ0v) is 15.3. The van der Waals surface area contributed by atoms with Crippen LogP contribution in [0.15, 0.2) is 10.4 Å². The van der Waals surface area contributed by atoms with Crippen molar-refractivity contribution in [3.63, 3.8) is 0 Å². The van der Waals surface area contributed by atoms with Gasteiger partial charge in [0.15, 0.2) is 11.7 Å². The molecule has 0 aliphatic heterocycles. The summed E-state index contributed by atoms with van der Waals surface area (Å²) >= 11 is 0.896. The van der Waals surface area contributed by atoms with E-state index in [2.05, 4.69) is 20.6 Å². The Balaban J connectivity index is 2.66. The molecule has 1 unspecified atom stereocenters. The number of sulfone groups is 1. The van der Waals surface area contributed by atoms with Crippen LogP contribution in [0.2, 0.25) is 0 Å². The van der Waals surface area contributed by atoms with Gasteiger partial charge in [-0.05, 0) is 20.3 Å². The van der Waals surface area contributed by atoms with E-state index in [-0.39, 0.29) is 23.3 Å². The molecular weight excluding hydrogens is 365 g/mol. The minimum absolute atomic E-state index is 0.00881. The molecule has 0 saturated heterocycles. The summed E-state index contributed by atoms with van der Waals surface area (Å²) < 4.78 is 59.9. The van der Waals surface area contributed by atoms with Crippen LogP contribution in [0, 0.1) is 0 Å². The Morgan fingerprint density at radius 2 is 2.12 bits per heavy atom. The summed E-state index contributed by atoms with van der Waals surface area (Å²) in [6.45, 7) is 4.23. The predicted octanol–water partition coefficient (Wildman–Crippen LogP) is 2.04. The monoisotopic (exact) mass is 386 g/mol. The molecule has 0 aromatic carbocycles. The average Bonchev–Trinajstić information content (AvgIpc) is 2.91. The van der Waals surface area contributed by atoms with Gasteiger partial charge in [0.05, 0.1) is 12.3 Å². The van der Waals surface area contributed by atoms with Crippen LogP contribution in [0.1, 0.15) is 31.0 Å². The SMILES string of the molecule is CCNC(=NCc1nc(C(F)(F)F)cs1)NC(C)CCS(C)(=O)=O. The zero-order chi connectivity index (χ0) is 18.4. The van der Waals surface area contributed by atoms with Crippen LogP contribution in [0.25, 0.3) is 0 Å². The summed E-state index contributed by atoms with van der Waals surface area (Å²) in [5.74, 6) is 0.449. The molecular formula is C13H21F3N4O2S2. The van der Waals surface area contributed by atoms with Gasteiger partial charge < -0.3 is 10.6 Å². The molecule has 1 aromatic rings. The Labute approximate surface area is 143 Å².